The summed E-state index contributed by atoms with van der Waals surface area (Å²) in [7, 11) is 1.79. The molecule has 0 bridgehead atoms. The molecule has 128 valence electrons. The van der Waals surface area contributed by atoms with Gasteiger partial charge in [0.05, 0.1) is 22.8 Å². The maximum atomic E-state index is 13.2. The monoisotopic (exact) mass is 357 g/mol. The number of nitrogens with one attached hydrogen (secondary N) is 1. The van der Waals surface area contributed by atoms with Crippen molar-refractivity contribution in [2.75, 3.05) is 0 Å². The van der Waals surface area contributed by atoms with Gasteiger partial charge in [-0.25, -0.2) is 4.98 Å². The molecule has 2 N–H and O–H groups in total. The van der Waals surface area contributed by atoms with Crippen molar-refractivity contribution < 1.29 is 5.11 Å². The second-order valence-corrected chi connectivity index (χ2v) is 6.40. The number of nitrogens with zero attached hydrogens (tertiary/aromatic N) is 4. The molecule has 25 heavy (non-hydrogen) atoms. The smallest absolute Gasteiger partial charge is 0.279 e. The molecule has 0 spiro atoms. The molecule has 0 aliphatic rings. The van der Waals surface area contributed by atoms with Gasteiger partial charge >= 0.3 is 0 Å². The molecule has 8 heteroatoms. The van der Waals surface area contributed by atoms with E-state index in [1.54, 1.807) is 34.5 Å². The summed E-state index contributed by atoms with van der Waals surface area (Å²) in [5.74, 6) is 0.440. The summed E-state index contributed by atoms with van der Waals surface area (Å²) in [4.78, 5) is 17.5. The maximum Gasteiger partial charge on any atom is 0.279 e. The van der Waals surface area contributed by atoms with Crippen molar-refractivity contribution in [2.45, 2.75) is 19.6 Å². The Morgan fingerprint density at radius 1 is 1.36 bits per heavy atom. The van der Waals surface area contributed by atoms with Gasteiger partial charge < -0.3 is 9.67 Å². The predicted molar refractivity (Wildman–Crippen MR) is 95.8 cm³/mol. The molecule has 1 aromatic carbocycles. The topological polar surface area (TPSA) is 88.7 Å². The van der Waals surface area contributed by atoms with E-state index in [1.165, 1.54) is 0 Å². The van der Waals surface area contributed by atoms with E-state index in [-0.39, 0.29) is 18.2 Å². The number of hydrogen-bond acceptors (Lipinski definition) is 4. The lowest BCUT2D eigenvalue weighted by Gasteiger charge is -2.17. The lowest BCUT2D eigenvalue weighted by atomic mass is 10.1. The number of aliphatic hydroxyl groups excluding tert-OH is 1. The van der Waals surface area contributed by atoms with Gasteiger partial charge in [-0.15, -0.1) is 0 Å². The molecule has 3 heterocycles. The maximum absolute atomic E-state index is 13.2. The lowest BCUT2D eigenvalue weighted by molar-refractivity contribution is 0.268. The number of halogens is 1. The van der Waals surface area contributed by atoms with Crippen LogP contribution in [0, 0.1) is 0 Å². The molecule has 3 aromatic heterocycles. The number of aromatic nitrogens is 5. The van der Waals surface area contributed by atoms with Crippen molar-refractivity contribution >= 4 is 33.5 Å². The van der Waals surface area contributed by atoms with E-state index < -0.39 is 0 Å². The number of hydrogen-bond donors (Lipinski definition) is 2. The predicted octanol–water partition coefficient (Wildman–Crippen LogP) is 2.37. The van der Waals surface area contributed by atoms with Crippen molar-refractivity contribution in [2.24, 2.45) is 7.05 Å². The number of rotatable bonds is 3. The molecule has 0 fully saturated rings. The van der Waals surface area contributed by atoms with E-state index in [9.17, 15) is 9.90 Å². The van der Waals surface area contributed by atoms with Gasteiger partial charge in [-0.1, -0.05) is 11.6 Å². The summed E-state index contributed by atoms with van der Waals surface area (Å²) >= 11 is 6.20. The fourth-order valence-corrected chi connectivity index (χ4v) is 3.46. The van der Waals surface area contributed by atoms with Crippen molar-refractivity contribution in [1.29, 1.82) is 0 Å². The van der Waals surface area contributed by atoms with Gasteiger partial charge in [0.15, 0.2) is 5.52 Å². The van der Waals surface area contributed by atoms with Crippen LogP contribution in [0.4, 0.5) is 0 Å². The van der Waals surface area contributed by atoms with Gasteiger partial charge in [-0.05, 0) is 31.2 Å². The Labute approximate surface area is 147 Å². The number of aryl methyl sites for hydroxylation is 1. The van der Waals surface area contributed by atoms with Crippen LogP contribution in [0.2, 0.25) is 5.02 Å². The number of fused-ring (bicyclic) bond motifs is 3. The molecule has 4 aromatic rings. The first-order valence-electron chi connectivity index (χ1n) is 7.82. The van der Waals surface area contributed by atoms with E-state index in [0.717, 1.165) is 11.1 Å². The van der Waals surface area contributed by atoms with Crippen molar-refractivity contribution in [3.63, 3.8) is 0 Å². The number of benzene rings is 1. The minimum Gasteiger partial charge on any atom is -0.388 e. The number of imidazole rings is 1. The highest BCUT2D eigenvalue weighted by molar-refractivity contribution is 6.31. The summed E-state index contributed by atoms with van der Waals surface area (Å²) < 4.78 is 3.41. The molecule has 0 amide bonds. The third-order valence-electron chi connectivity index (χ3n) is 4.58. The molecular formula is C17H16ClN5O2. The third-order valence-corrected chi connectivity index (χ3v) is 4.82. The van der Waals surface area contributed by atoms with Gasteiger partial charge in [-0.3, -0.25) is 14.5 Å². The number of H-pyrrole nitrogens is 1. The van der Waals surface area contributed by atoms with E-state index in [2.05, 4.69) is 15.2 Å². The third kappa shape index (κ3) is 2.27. The number of pyridine rings is 1. The van der Waals surface area contributed by atoms with Crippen LogP contribution in [0.1, 0.15) is 24.5 Å². The lowest BCUT2D eigenvalue weighted by Crippen LogP contribution is -2.25. The minimum atomic E-state index is -0.278. The van der Waals surface area contributed by atoms with E-state index in [0.29, 0.717) is 27.4 Å². The fourth-order valence-electron chi connectivity index (χ4n) is 3.29. The summed E-state index contributed by atoms with van der Waals surface area (Å²) in [6.45, 7) is 1.67. The standard InChI is InChI=1S/C17H16ClN5O2/c1-9(12-5-6-19-21-12)23-13-7-10(18)3-4-11(13)16-15(17(23)25)20-14(8-24)22(16)2/h3-7,9,24H,8H2,1-2H3,(H,19,21). The molecule has 1 unspecified atom stereocenters. The largest absolute Gasteiger partial charge is 0.388 e. The summed E-state index contributed by atoms with van der Waals surface area (Å²) in [6.07, 6.45) is 1.65. The zero-order valence-corrected chi connectivity index (χ0v) is 14.4. The van der Waals surface area contributed by atoms with Crippen molar-refractivity contribution in [3.8, 4) is 0 Å². The van der Waals surface area contributed by atoms with Crippen LogP contribution >= 0.6 is 11.6 Å². The Kier molecular flexibility index (Phi) is 3.63. The zero-order chi connectivity index (χ0) is 17.7. The van der Waals surface area contributed by atoms with Gasteiger partial charge in [0.25, 0.3) is 5.56 Å². The SMILES string of the molecule is CC(c1ccn[nH]1)n1c(=O)c2nc(CO)n(C)c2c2ccc(Cl)cc21. The van der Waals surface area contributed by atoms with E-state index in [4.69, 9.17) is 11.6 Å². The molecule has 1 atom stereocenters. The molecule has 0 radical (unpaired) electrons. The van der Waals surface area contributed by atoms with E-state index in [1.807, 2.05) is 19.1 Å². The van der Waals surface area contributed by atoms with Crippen molar-refractivity contribution in [1.82, 2.24) is 24.3 Å². The molecule has 0 aliphatic carbocycles. The first-order chi connectivity index (χ1) is 12.0. The molecule has 4 rings (SSSR count). The van der Waals surface area contributed by atoms with Gasteiger partial charge in [0.1, 0.15) is 12.4 Å². The van der Waals surface area contributed by atoms with Gasteiger partial charge in [0.2, 0.25) is 0 Å². The number of aromatic amines is 1. The normalized spacial score (nSPS) is 13.0. The highest BCUT2D eigenvalue weighted by Gasteiger charge is 2.21. The van der Waals surface area contributed by atoms with Crippen LogP contribution in [0.5, 0.6) is 0 Å². The van der Waals surface area contributed by atoms with Gasteiger partial charge in [0, 0.05) is 23.7 Å². The van der Waals surface area contributed by atoms with E-state index >= 15 is 0 Å². The zero-order valence-electron chi connectivity index (χ0n) is 13.7. The van der Waals surface area contributed by atoms with Gasteiger partial charge in [-0.2, -0.15) is 5.10 Å². The highest BCUT2D eigenvalue weighted by atomic mass is 35.5. The summed E-state index contributed by atoms with van der Waals surface area (Å²) in [5, 5.41) is 17.8. The number of aliphatic hydroxyl groups is 1. The van der Waals surface area contributed by atoms with Crippen LogP contribution in [-0.4, -0.2) is 29.4 Å². The molecule has 7 nitrogen and oxygen atoms in total. The van der Waals surface area contributed by atoms with Crippen LogP contribution in [0.15, 0.2) is 35.3 Å². The van der Waals surface area contributed by atoms with Crippen molar-refractivity contribution in [3.05, 3.63) is 57.4 Å². The second-order valence-electron chi connectivity index (χ2n) is 5.97. The average molecular weight is 358 g/mol. The highest BCUT2D eigenvalue weighted by Crippen LogP contribution is 2.29. The van der Waals surface area contributed by atoms with Crippen LogP contribution in [0.3, 0.4) is 0 Å². The first kappa shape index (κ1) is 15.9. The Bertz CT molecular complexity index is 1140. The Balaban J connectivity index is 2.19. The minimum absolute atomic E-state index is 0.234. The van der Waals surface area contributed by atoms with Crippen LogP contribution < -0.4 is 5.56 Å². The Hall–Kier alpha value is -2.64. The Morgan fingerprint density at radius 2 is 2.16 bits per heavy atom. The molecule has 0 saturated carbocycles. The quantitative estimate of drug-likeness (QED) is 0.589. The average Bonchev–Trinajstić information content (AvgIpc) is 3.23. The van der Waals surface area contributed by atoms with Crippen LogP contribution in [0.25, 0.3) is 21.9 Å². The second kappa shape index (κ2) is 5.72. The van der Waals surface area contributed by atoms with Crippen LogP contribution in [-0.2, 0) is 13.7 Å². The fraction of sp³-hybridized carbons (Fsp3) is 0.235. The molecular weight excluding hydrogens is 342 g/mol. The molecule has 0 saturated heterocycles. The molecule has 0 aliphatic heterocycles. The summed E-state index contributed by atoms with van der Waals surface area (Å²) in [5.41, 5.74) is 2.30. The first-order valence-corrected chi connectivity index (χ1v) is 8.20. The Morgan fingerprint density at radius 3 is 2.84 bits per heavy atom. The summed E-state index contributed by atoms with van der Waals surface area (Å²) in [6, 6.07) is 6.98.